The third kappa shape index (κ3) is 4.65. The van der Waals surface area contributed by atoms with Crippen LogP contribution in [0.5, 0.6) is 0 Å². The predicted molar refractivity (Wildman–Crippen MR) is 88.5 cm³/mol. The summed E-state index contributed by atoms with van der Waals surface area (Å²) in [6, 6.07) is 2.20. The zero-order valence-electron chi connectivity index (χ0n) is 14.5. The Kier molecular flexibility index (Phi) is 6.19. The van der Waals surface area contributed by atoms with Crippen LogP contribution in [0.15, 0.2) is 0 Å². The Morgan fingerprint density at radius 2 is 2.05 bits per heavy atom. The number of Topliss-reactive ketones (excluding diaryl/α,β-unsaturated/α-hetero) is 1. The molecule has 21 heavy (non-hydrogen) atoms. The molecule has 0 radical (unpaired) electrons. The number of ketones is 1. The second-order valence-electron chi connectivity index (χ2n) is 8.01. The highest BCUT2D eigenvalue weighted by atomic mass is 28.3. The molecule has 3 unspecified atom stereocenters. The Hall–Kier alpha value is -0.663. The van der Waals surface area contributed by atoms with Gasteiger partial charge in [-0.05, 0) is 43.7 Å². The van der Waals surface area contributed by atoms with Crippen molar-refractivity contribution in [1.82, 2.24) is 0 Å². The van der Waals surface area contributed by atoms with E-state index in [4.69, 9.17) is 9.69 Å². The van der Waals surface area contributed by atoms with Crippen molar-refractivity contribution >= 4 is 14.8 Å². The molecule has 120 valence electrons. The molecule has 0 amide bonds. The average Bonchev–Trinajstić information content (AvgIpc) is 2.47. The molecular weight excluding hydrogens is 278 g/mol. The van der Waals surface area contributed by atoms with E-state index in [1.165, 1.54) is 0 Å². The van der Waals surface area contributed by atoms with Gasteiger partial charge in [0.05, 0.1) is 17.6 Å². The van der Waals surface area contributed by atoms with Crippen molar-refractivity contribution < 1.29 is 9.22 Å². The zero-order chi connectivity index (χ0) is 16.3. The molecule has 0 saturated heterocycles. The Labute approximate surface area is 131 Å². The molecule has 0 bridgehead atoms. The van der Waals surface area contributed by atoms with Crippen molar-refractivity contribution in [3.05, 3.63) is 0 Å². The van der Waals surface area contributed by atoms with Gasteiger partial charge < -0.3 is 4.43 Å². The highest BCUT2D eigenvalue weighted by molar-refractivity contribution is 6.48. The molecule has 3 atom stereocenters. The molecule has 1 rings (SSSR count). The van der Waals surface area contributed by atoms with Gasteiger partial charge >= 0.3 is 0 Å². The first kappa shape index (κ1) is 18.4. The molecule has 0 aromatic rings. The van der Waals surface area contributed by atoms with Crippen molar-refractivity contribution in [2.45, 2.75) is 79.0 Å². The summed E-state index contributed by atoms with van der Waals surface area (Å²) in [7, 11) is -1.22. The van der Waals surface area contributed by atoms with E-state index in [9.17, 15) is 4.79 Å². The highest BCUT2D eigenvalue weighted by Gasteiger charge is 2.46. The van der Waals surface area contributed by atoms with Crippen LogP contribution < -0.4 is 0 Å². The number of carbonyl (C=O) groups excluding carboxylic acids is 1. The Balaban J connectivity index is 3.08. The minimum atomic E-state index is -1.22. The molecule has 0 aromatic heterocycles. The second kappa shape index (κ2) is 7.06. The first-order valence-electron chi connectivity index (χ1n) is 8.17. The summed E-state index contributed by atoms with van der Waals surface area (Å²) in [5.41, 5.74) is -0.284. The number of nitriles is 1. The van der Waals surface area contributed by atoms with E-state index >= 15 is 0 Å². The topological polar surface area (TPSA) is 50.1 Å². The normalized spacial score (nSPS) is 31.0. The molecule has 0 N–H and O–H groups in total. The number of carbonyl (C=O) groups is 1. The average molecular weight is 310 g/mol. The monoisotopic (exact) mass is 309 g/mol. The number of rotatable bonds is 4. The SMILES string of the molecule is C[SiH](C)OC1CC(C(C)(C)C)CCC(=O)C1(C)CCC#N. The van der Waals surface area contributed by atoms with Crippen LogP contribution in [-0.2, 0) is 9.22 Å². The summed E-state index contributed by atoms with van der Waals surface area (Å²) in [6.45, 7) is 13.1. The van der Waals surface area contributed by atoms with E-state index in [2.05, 4.69) is 39.9 Å². The highest BCUT2D eigenvalue weighted by Crippen LogP contribution is 2.45. The van der Waals surface area contributed by atoms with Crippen LogP contribution in [0, 0.1) is 28.1 Å². The van der Waals surface area contributed by atoms with Crippen LogP contribution in [0.3, 0.4) is 0 Å². The van der Waals surface area contributed by atoms with Gasteiger partial charge in [-0.1, -0.05) is 27.7 Å². The Morgan fingerprint density at radius 1 is 1.43 bits per heavy atom. The van der Waals surface area contributed by atoms with Crippen LogP contribution in [-0.4, -0.2) is 20.9 Å². The molecule has 0 heterocycles. The van der Waals surface area contributed by atoms with Gasteiger partial charge in [-0.25, -0.2) is 0 Å². The summed E-state index contributed by atoms with van der Waals surface area (Å²) in [4.78, 5) is 12.7. The lowest BCUT2D eigenvalue weighted by atomic mass is 9.72. The largest absolute Gasteiger partial charge is 0.417 e. The van der Waals surface area contributed by atoms with Gasteiger partial charge in [0.15, 0.2) is 9.04 Å². The lowest BCUT2D eigenvalue weighted by Crippen LogP contribution is -2.43. The van der Waals surface area contributed by atoms with Crippen LogP contribution in [0.25, 0.3) is 0 Å². The Bertz CT molecular complexity index is 408. The van der Waals surface area contributed by atoms with Crippen molar-refractivity contribution in [3.63, 3.8) is 0 Å². The van der Waals surface area contributed by atoms with Crippen LogP contribution in [0.4, 0.5) is 0 Å². The minimum absolute atomic E-state index is 0.0169. The van der Waals surface area contributed by atoms with Crippen LogP contribution >= 0.6 is 0 Å². The maximum Gasteiger partial charge on any atom is 0.171 e. The first-order valence-corrected chi connectivity index (χ1v) is 10.9. The number of nitrogens with zero attached hydrogens (tertiary/aromatic N) is 1. The maximum atomic E-state index is 12.7. The van der Waals surface area contributed by atoms with E-state index in [1.807, 2.05) is 6.92 Å². The van der Waals surface area contributed by atoms with Gasteiger partial charge in [-0.2, -0.15) is 5.26 Å². The second-order valence-corrected chi connectivity index (χ2v) is 10.4. The smallest absolute Gasteiger partial charge is 0.171 e. The molecule has 4 heteroatoms. The van der Waals surface area contributed by atoms with Crippen LogP contribution in [0.1, 0.15) is 59.8 Å². The van der Waals surface area contributed by atoms with Gasteiger partial charge in [-0.3, -0.25) is 4.79 Å². The molecule has 0 spiro atoms. The van der Waals surface area contributed by atoms with E-state index in [-0.39, 0.29) is 11.5 Å². The fraction of sp³-hybridized carbons (Fsp3) is 0.882. The van der Waals surface area contributed by atoms with Gasteiger partial charge in [0.2, 0.25) is 0 Å². The van der Waals surface area contributed by atoms with Crippen molar-refractivity contribution in [1.29, 1.82) is 5.26 Å². The summed E-state index contributed by atoms with van der Waals surface area (Å²) >= 11 is 0. The van der Waals surface area contributed by atoms with E-state index < -0.39 is 14.5 Å². The molecule has 0 aromatic carbocycles. The summed E-state index contributed by atoms with van der Waals surface area (Å²) in [6.07, 6.45) is 3.57. The minimum Gasteiger partial charge on any atom is -0.417 e. The van der Waals surface area contributed by atoms with Gasteiger partial charge in [0.25, 0.3) is 0 Å². The fourth-order valence-electron chi connectivity index (χ4n) is 3.34. The summed E-state index contributed by atoms with van der Waals surface area (Å²) in [5, 5.41) is 8.92. The molecule has 3 nitrogen and oxygen atoms in total. The zero-order valence-corrected chi connectivity index (χ0v) is 15.7. The van der Waals surface area contributed by atoms with Crippen LogP contribution in [0.2, 0.25) is 13.1 Å². The first-order chi connectivity index (χ1) is 9.61. The van der Waals surface area contributed by atoms with Crippen molar-refractivity contribution in [2.24, 2.45) is 16.7 Å². The molecule has 1 saturated carbocycles. The van der Waals surface area contributed by atoms with Gasteiger partial charge in [0.1, 0.15) is 5.78 Å². The summed E-state index contributed by atoms with van der Waals surface area (Å²) < 4.78 is 6.29. The maximum absolute atomic E-state index is 12.7. The molecule has 1 fully saturated rings. The Morgan fingerprint density at radius 3 is 2.52 bits per heavy atom. The fourth-order valence-corrected chi connectivity index (χ4v) is 4.41. The van der Waals surface area contributed by atoms with E-state index in [1.54, 1.807) is 0 Å². The van der Waals surface area contributed by atoms with Crippen molar-refractivity contribution in [2.75, 3.05) is 0 Å². The van der Waals surface area contributed by atoms with Crippen molar-refractivity contribution in [3.8, 4) is 6.07 Å². The summed E-state index contributed by atoms with van der Waals surface area (Å²) in [5.74, 6) is 0.798. The van der Waals surface area contributed by atoms with Gasteiger partial charge in [-0.15, -0.1) is 0 Å². The third-order valence-corrected chi connectivity index (χ3v) is 5.86. The molecule has 0 aliphatic heterocycles. The number of hydrogen-bond donors (Lipinski definition) is 0. The molecule has 1 aliphatic carbocycles. The van der Waals surface area contributed by atoms with E-state index in [0.29, 0.717) is 31.0 Å². The standard InChI is InChI=1S/C17H31NO2Si/c1-16(2,3)13-8-9-14(19)17(4,10-7-11-18)15(12-13)20-21(5)6/h13,15,21H,7-10,12H2,1-6H3. The molecular formula is C17H31NO2Si. The molecule has 1 aliphatic rings. The lowest BCUT2D eigenvalue weighted by molar-refractivity contribution is -0.133. The van der Waals surface area contributed by atoms with E-state index in [0.717, 1.165) is 12.8 Å². The predicted octanol–water partition coefficient (Wildman–Crippen LogP) is 4.08. The lowest BCUT2D eigenvalue weighted by Gasteiger charge is -2.38. The quantitative estimate of drug-likeness (QED) is 0.581. The van der Waals surface area contributed by atoms with Gasteiger partial charge in [0, 0.05) is 12.8 Å². The number of hydrogen-bond acceptors (Lipinski definition) is 3. The third-order valence-electron chi connectivity index (χ3n) is 4.98.